The van der Waals surface area contributed by atoms with Gasteiger partial charge in [-0.1, -0.05) is 60.7 Å². The Kier molecular flexibility index (Phi) is 5.84. The van der Waals surface area contributed by atoms with E-state index >= 15 is 0 Å². The molecule has 7 heteroatoms. The number of aromatic nitrogens is 4. The SMILES string of the molecule is CC(NC(=O)NC1CCC(n2nnc(-c3ccccc3)n2)CC1)c1ccccc1. The van der Waals surface area contributed by atoms with Crippen molar-refractivity contribution < 1.29 is 4.79 Å². The first-order chi connectivity index (χ1) is 14.2. The van der Waals surface area contributed by atoms with Gasteiger partial charge in [-0.05, 0) is 43.4 Å². The fourth-order valence-electron chi connectivity index (χ4n) is 3.78. The number of rotatable bonds is 5. The monoisotopic (exact) mass is 390 g/mol. The van der Waals surface area contributed by atoms with Crippen LogP contribution in [0.15, 0.2) is 60.7 Å². The van der Waals surface area contributed by atoms with Gasteiger partial charge in [-0.15, -0.1) is 10.2 Å². The van der Waals surface area contributed by atoms with Crippen molar-refractivity contribution in [2.75, 3.05) is 0 Å². The van der Waals surface area contributed by atoms with E-state index in [2.05, 4.69) is 26.0 Å². The van der Waals surface area contributed by atoms with E-state index in [1.165, 1.54) is 0 Å². The highest BCUT2D eigenvalue weighted by molar-refractivity contribution is 5.74. The summed E-state index contributed by atoms with van der Waals surface area (Å²) in [6.45, 7) is 1.99. The standard InChI is InChI=1S/C22H26N6O/c1-16(17-8-4-2-5-9-17)23-22(29)24-19-12-14-20(15-13-19)28-26-21(25-27-28)18-10-6-3-7-11-18/h2-11,16,19-20H,12-15H2,1H3,(H2,23,24,29). The molecule has 4 rings (SSSR count). The van der Waals surface area contributed by atoms with Crippen molar-refractivity contribution in [2.45, 2.75) is 50.7 Å². The third-order valence-corrected chi connectivity index (χ3v) is 5.47. The first-order valence-corrected chi connectivity index (χ1v) is 10.2. The molecule has 1 fully saturated rings. The number of carbonyl (C=O) groups is 1. The lowest BCUT2D eigenvalue weighted by Crippen LogP contribution is -2.44. The number of tetrazole rings is 1. The lowest BCUT2D eigenvalue weighted by molar-refractivity contribution is 0.219. The molecule has 29 heavy (non-hydrogen) atoms. The van der Waals surface area contributed by atoms with Crippen LogP contribution in [0, 0.1) is 0 Å². The molecule has 1 atom stereocenters. The minimum absolute atomic E-state index is 0.0247. The van der Waals surface area contributed by atoms with Crippen LogP contribution in [0.5, 0.6) is 0 Å². The average Bonchev–Trinajstić information content (AvgIpc) is 3.26. The number of nitrogens with one attached hydrogen (secondary N) is 2. The van der Waals surface area contributed by atoms with Crippen molar-refractivity contribution in [3.8, 4) is 11.4 Å². The minimum Gasteiger partial charge on any atom is -0.335 e. The fourth-order valence-corrected chi connectivity index (χ4v) is 3.78. The summed E-state index contributed by atoms with van der Waals surface area (Å²) in [5.74, 6) is 0.653. The van der Waals surface area contributed by atoms with Crippen LogP contribution in [0.25, 0.3) is 11.4 Å². The molecule has 3 aromatic rings. The highest BCUT2D eigenvalue weighted by Gasteiger charge is 2.25. The molecule has 2 amide bonds. The predicted molar refractivity (Wildman–Crippen MR) is 111 cm³/mol. The van der Waals surface area contributed by atoms with Crippen molar-refractivity contribution in [1.82, 2.24) is 30.8 Å². The van der Waals surface area contributed by atoms with Gasteiger partial charge in [-0.25, -0.2) is 4.79 Å². The Morgan fingerprint density at radius 1 is 1.00 bits per heavy atom. The molecule has 1 unspecified atom stereocenters. The summed E-state index contributed by atoms with van der Waals surface area (Å²) < 4.78 is 0. The fraction of sp³-hybridized carbons (Fsp3) is 0.364. The molecule has 0 aliphatic heterocycles. The van der Waals surface area contributed by atoms with Gasteiger partial charge in [0.15, 0.2) is 0 Å². The molecule has 1 aliphatic carbocycles. The van der Waals surface area contributed by atoms with E-state index in [4.69, 9.17) is 0 Å². The molecule has 1 saturated carbocycles. The number of amides is 2. The largest absolute Gasteiger partial charge is 0.335 e. The lowest BCUT2D eigenvalue weighted by atomic mass is 9.91. The predicted octanol–water partition coefficient (Wildman–Crippen LogP) is 3.88. The Morgan fingerprint density at radius 2 is 1.66 bits per heavy atom. The maximum Gasteiger partial charge on any atom is 0.315 e. The van der Waals surface area contributed by atoms with Crippen molar-refractivity contribution in [2.24, 2.45) is 0 Å². The number of hydrogen-bond donors (Lipinski definition) is 2. The Balaban J connectivity index is 1.26. The van der Waals surface area contributed by atoms with Crippen molar-refractivity contribution in [1.29, 1.82) is 0 Å². The molecule has 0 saturated heterocycles. The molecule has 0 bridgehead atoms. The lowest BCUT2D eigenvalue weighted by Gasteiger charge is -2.28. The summed E-state index contributed by atoms with van der Waals surface area (Å²) in [4.78, 5) is 14.1. The van der Waals surface area contributed by atoms with Gasteiger partial charge in [0.1, 0.15) is 0 Å². The van der Waals surface area contributed by atoms with Gasteiger partial charge in [-0.2, -0.15) is 4.80 Å². The quantitative estimate of drug-likeness (QED) is 0.692. The molecule has 2 aromatic carbocycles. The Morgan fingerprint density at radius 3 is 2.34 bits per heavy atom. The van der Waals surface area contributed by atoms with Crippen molar-refractivity contribution in [3.05, 3.63) is 66.2 Å². The Labute approximate surface area is 170 Å². The Bertz CT molecular complexity index is 919. The first-order valence-electron chi connectivity index (χ1n) is 10.2. The Hall–Kier alpha value is -3.22. The van der Waals surface area contributed by atoms with Gasteiger partial charge in [0.05, 0.1) is 12.1 Å². The van der Waals surface area contributed by atoms with Crippen LogP contribution < -0.4 is 10.6 Å². The molecule has 0 radical (unpaired) electrons. The highest BCUT2D eigenvalue weighted by Crippen LogP contribution is 2.28. The summed E-state index contributed by atoms with van der Waals surface area (Å²) in [5.41, 5.74) is 2.07. The van der Waals surface area contributed by atoms with Crippen LogP contribution in [-0.4, -0.2) is 32.3 Å². The van der Waals surface area contributed by atoms with Crippen molar-refractivity contribution >= 4 is 6.03 Å². The second kappa shape index (κ2) is 8.86. The average molecular weight is 390 g/mol. The van der Waals surface area contributed by atoms with E-state index < -0.39 is 0 Å². The maximum atomic E-state index is 12.3. The number of benzene rings is 2. The number of hydrogen-bond acceptors (Lipinski definition) is 4. The zero-order chi connectivity index (χ0) is 20.1. The summed E-state index contributed by atoms with van der Waals surface area (Å²) in [6.07, 6.45) is 3.65. The van der Waals surface area contributed by atoms with Gasteiger partial charge in [0.2, 0.25) is 5.82 Å². The van der Waals surface area contributed by atoms with E-state index in [1.807, 2.05) is 67.6 Å². The maximum absolute atomic E-state index is 12.3. The molecule has 1 heterocycles. The van der Waals surface area contributed by atoms with Crippen LogP contribution in [0.1, 0.15) is 50.3 Å². The van der Waals surface area contributed by atoms with Gasteiger partial charge in [-0.3, -0.25) is 0 Å². The van der Waals surface area contributed by atoms with E-state index in [0.717, 1.165) is 36.8 Å². The molecular formula is C22H26N6O. The molecule has 7 nitrogen and oxygen atoms in total. The van der Waals surface area contributed by atoms with Gasteiger partial charge in [0, 0.05) is 11.6 Å². The normalized spacial score (nSPS) is 20.0. The van der Waals surface area contributed by atoms with Crippen molar-refractivity contribution in [3.63, 3.8) is 0 Å². The molecular weight excluding hydrogens is 364 g/mol. The third-order valence-electron chi connectivity index (χ3n) is 5.47. The summed E-state index contributed by atoms with van der Waals surface area (Å²) in [6, 6.07) is 20.1. The van der Waals surface area contributed by atoms with E-state index in [0.29, 0.717) is 5.82 Å². The first kappa shape index (κ1) is 19.1. The number of carbonyl (C=O) groups excluding carboxylic acids is 1. The van der Waals surface area contributed by atoms with Crippen LogP contribution in [0.2, 0.25) is 0 Å². The van der Waals surface area contributed by atoms with Crippen LogP contribution >= 0.6 is 0 Å². The molecule has 1 aromatic heterocycles. The van der Waals surface area contributed by atoms with E-state index in [-0.39, 0.29) is 24.2 Å². The minimum atomic E-state index is -0.116. The summed E-state index contributed by atoms with van der Waals surface area (Å²) >= 11 is 0. The zero-order valence-electron chi connectivity index (χ0n) is 16.5. The summed E-state index contributed by atoms with van der Waals surface area (Å²) in [7, 11) is 0. The molecule has 150 valence electrons. The number of urea groups is 1. The smallest absolute Gasteiger partial charge is 0.315 e. The second-order valence-electron chi connectivity index (χ2n) is 7.56. The topological polar surface area (TPSA) is 84.7 Å². The van der Waals surface area contributed by atoms with Gasteiger partial charge in [0.25, 0.3) is 0 Å². The van der Waals surface area contributed by atoms with Gasteiger partial charge < -0.3 is 10.6 Å². The zero-order valence-corrected chi connectivity index (χ0v) is 16.5. The molecule has 0 spiro atoms. The van der Waals surface area contributed by atoms with Crippen LogP contribution in [0.4, 0.5) is 4.79 Å². The molecule has 2 N–H and O–H groups in total. The number of nitrogens with zero attached hydrogens (tertiary/aromatic N) is 4. The van der Waals surface area contributed by atoms with Gasteiger partial charge >= 0.3 is 6.03 Å². The highest BCUT2D eigenvalue weighted by atomic mass is 16.2. The van der Waals surface area contributed by atoms with Crippen LogP contribution in [0.3, 0.4) is 0 Å². The van der Waals surface area contributed by atoms with E-state index in [1.54, 1.807) is 4.80 Å². The van der Waals surface area contributed by atoms with E-state index in [9.17, 15) is 4.79 Å². The second-order valence-corrected chi connectivity index (χ2v) is 7.56. The third kappa shape index (κ3) is 4.80. The van der Waals surface area contributed by atoms with Crippen LogP contribution in [-0.2, 0) is 0 Å². The summed E-state index contributed by atoms with van der Waals surface area (Å²) in [5, 5.41) is 19.1. The molecule has 1 aliphatic rings.